The summed E-state index contributed by atoms with van der Waals surface area (Å²) in [5, 5.41) is 12.7. The Kier molecular flexibility index (Phi) is 6.72. The first kappa shape index (κ1) is 22.7. The lowest BCUT2D eigenvalue weighted by Crippen LogP contribution is -2.24. The highest BCUT2D eigenvalue weighted by molar-refractivity contribution is 6.44. The second kappa shape index (κ2) is 9.46. The Morgan fingerprint density at radius 1 is 1.25 bits per heavy atom. The molecule has 0 saturated carbocycles. The van der Waals surface area contributed by atoms with Crippen LogP contribution in [0, 0.1) is 11.3 Å². The number of nitrogens with one attached hydrogen (secondary N) is 1. The number of primary amides is 1. The van der Waals surface area contributed by atoms with Crippen molar-refractivity contribution in [2.75, 3.05) is 5.43 Å². The van der Waals surface area contributed by atoms with Crippen LogP contribution in [0.2, 0.25) is 10.0 Å². The summed E-state index contributed by atoms with van der Waals surface area (Å²) in [5.41, 5.74) is 7.61. The summed E-state index contributed by atoms with van der Waals surface area (Å²) in [6.07, 6.45) is 1.59. The van der Waals surface area contributed by atoms with E-state index in [4.69, 9.17) is 38.9 Å². The smallest absolute Gasteiger partial charge is 0.412 e. The van der Waals surface area contributed by atoms with Crippen LogP contribution in [0.25, 0.3) is 11.2 Å². The van der Waals surface area contributed by atoms with Crippen molar-refractivity contribution in [3.63, 3.8) is 0 Å². The number of carbonyl (C=O) groups is 2. The molecule has 3 N–H and O–H groups in total. The van der Waals surface area contributed by atoms with Crippen LogP contribution in [-0.2, 0) is 9.53 Å². The van der Waals surface area contributed by atoms with E-state index in [2.05, 4.69) is 30.2 Å². The molecule has 0 radical (unpaired) electrons. The van der Waals surface area contributed by atoms with Gasteiger partial charge in [0.15, 0.2) is 16.9 Å². The molecule has 0 spiro atoms. The third-order valence-corrected chi connectivity index (χ3v) is 4.43. The Balaban J connectivity index is 1.87. The lowest BCUT2D eigenvalue weighted by molar-refractivity contribution is -0.129. The molecule has 3 aromatic rings. The number of hydrazone groups is 1. The van der Waals surface area contributed by atoms with E-state index in [9.17, 15) is 9.59 Å². The molecule has 3 rings (SSSR count). The summed E-state index contributed by atoms with van der Waals surface area (Å²) in [6, 6.07) is 4.35. The van der Waals surface area contributed by atoms with E-state index in [1.54, 1.807) is 6.33 Å². The average Bonchev–Trinajstić information content (AvgIpc) is 3.16. The van der Waals surface area contributed by atoms with Crippen molar-refractivity contribution >= 4 is 57.8 Å². The second-order valence-electron chi connectivity index (χ2n) is 6.36. The summed E-state index contributed by atoms with van der Waals surface area (Å²) >= 11 is 12.6. The molecule has 1 aromatic carbocycles. The number of hydrogen-bond acceptors (Lipinski definition) is 10. The van der Waals surface area contributed by atoms with Crippen LogP contribution in [0.5, 0.6) is 11.6 Å². The first-order valence-corrected chi connectivity index (χ1v) is 9.56. The van der Waals surface area contributed by atoms with Gasteiger partial charge < -0.3 is 19.8 Å². The fourth-order valence-electron chi connectivity index (χ4n) is 2.48. The minimum Gasteiger partial charge on any atom is -0.434 e. The number of imidazole rings is 1. The number of nitrogens with zero attached hydrogens (tertiary/aromatic N) is 6. The summed E-state index contributed by atoms with van der Waals surface area (Å²) in [6.45, 7) is 3.97. The Labute approximate surface area is 190 Å². The van der Waals surface area contributed by atoms with Gasteiger partial charge in [-0.1, -0.05) is 23.2 Å². The lowest BCUT2D eigenvalue weighted by Gasteiger charge is -2.11. The zero-order chi connectivity index (χ0) is 23.4. The maximum Gasteiger partial charge on any atom is 0.412 e. The average molecular weight is 477 g/mol. The largest absolute Gasteiger partial charge is 0.434 e. The van der Waals surface area contributed by atoms with Crippen LogP contribution in [0.4, 0.5) is 10.5 Å². The maximum absolute atomic E-state index is 11.5. The van der Waals surface area contributed by atoms with Gasteiger partial charge in [-0.25, -0.2) is 19.6 Å². The third-order valence-electron chi connectivity index (χ3n) is 3.87. The highest BCUT2D eigenvalue weighted by Gasteiger charge is 2.18. The molecular weight excluding hydrogens is 463 g/mol. The Morgan fingerprint density at radius 3 is 2.53 bits per heavy atom. The third kappa shape index (κ3) is 4.85. The molecule has 164 valence electrons. The molecule has 0 unspecified atom stereocenters. The Bertz CT molecular complexity index is 1260. The Morgan fingerprint density at radius 2 is 1.94 bits per heavy atom. The van der Waals surface area contributed by atoms with E-state index < -0.39 is 17.8 Å². The van der Waals surface area contributed by atoms with E-state index in [1.807, 2.05) is 18.4 Å². The highest BCUT2D eigenvalue weighted by Crippen LogP contribution is 2.39. The molecule has 0 bridgehead atoms. The number of benzene rings is 1. The molecular formula is C18H14Cl2N8O4. The van der Waals surface area contributed by atoms with Gasteiger partial charge in [0.05, 0.1) is 22.1 Å². The van der Waals surface area contributed by atoms with Crippen molar-refractivity contribution in [3.05, 3.63) is 34.8 Å². The summed E-state index contributed by atoms with van der Waals surface area (Å²) in [5.74, 6) is -1.08. The van der Waals surface area contributed by atoms with E-state index >= 15 is 0 Å². The molecule has 0 atom stereocenters. The fourth-order valence-corrected chi connectivity index (χ4v) is 3.04. The number of carbonyl (C=O) groups excluding carboxylic acids is 2. The molecule has 32 heavy (non-hydrogen) atoms. The molecule has 0 aliphatic heterocycles. The minimum absolute atomic E-state index is 0.0727. The van der Waals surface area contributed by atoms with Crippen LogP contribution in [-0.4, -0.2) is 37.3 Å². The molecule has 12 nitrogen and oxygen atoms in total. The Hall–Kier alpha value is -3.95. The number of hydrogen-bond donors (Lipinski definition) is 2. The summed E-state index contributed by atoms with van der Waals surface area (Å²) in [4.78, 5) is 34.8. The van der Waals surface area contributed by atoms with Crippen molar-refractivity contribution in [3.8, 4) is 17.7 Å². The number of ether oxygens (including phenoxy) is 2. The molecule has 0 saturated heterocycles. The number of esters is 1. The molecule has 14 heteroatoms. The lowest BCUT2D eigenvalue weighted by atomic mass is 10.3. The van der Waals surface area contributed by atoms with Gasteiger partial charge in [0.2, 0.25) is 5.71 Å². The van der Waals surface area contributed by atoms with Crippen molar-refractivity contribution in [2.24, 2.45) is 10.8 Å². The zero-order valence-corrected chi connectivity index (χ0v) is 18.0. The predicted molar refractivity (Wildman–Crippen MR) is 115 cm³/mol. The first-order chi connectivity index (χ1) is 15.2. The number of nitriles is 1. The number of fused-ring (bicyclic) bond motifs is 1. The van der Waals surface area contributed by atoms with Crippen LogP contribution < -0.4 is 15.9 Å². The first-order valence-electron chi connectivity index (χ1n) is 8.81. The molecule has 0 aliphatic rings. The van der Waals surface area contributed by atoms with Gasteiger partial charge in [-0.05, 0) is 26.0 Å². The monoisotopic (exact) mass is 476 g/mol. The zero-order valence-electron chi connectivity index (χ0n) is 16.5. The topological polar surface area (TPSA) is 170 Å². The summed E-state index contributed by atoms with van der Waals surface area (Å²) < 4.78 is 11.7. The molecule has 0 aliphatic carbocycles. The van der Waals surface area contributed by atoms with Gasteiger partial charge in [0.25, 0.3) is 5.88 Å². The van der Waals surface area contributed by atoms with Crippen LogP contribution in [0.1, 0.15) is 19.9 Å². The van der Waals surface area contributed by atoms with E-state index in [1.165, 1.54) is 24.5 Å². The van der Waals surface area contributed by atoms with E-state index in [0.717, 1.165) is 0 Å². The van der Waals surface area contributed by atoms with E-state index in [0.29, 0.717) is 11.2 Å². The van der Waals surface area contributed by atoms with Gasteiger partial charge in [0.1, 0.15) is 12.4 Å². The minimum atomic E-state index is -1.37. The normalized spacial score (nSPS) is 11.3. The van der Waals surface area contributed by atoms with Crippen LogP contribution in [0.15, 0.2) is 29.9 Å². The predicted octanol–water partition coefficient (Wildman–Crippen LogP) is 3.42. The van der Waals surface area contributed by atoms with Crippen molar-refractivity contribution in [2.45, 2.75) is 19.9 Å². The SMILES string of the molecule is CC(C)n1cnc2c(Oc3c(Cl)cc(NN=C(C#N)C(=O)OC(N)=O)cc3Cl)ncnc21. The summed E-state index contributed by atoms with van der Waals surface area (Å²) in [7, 11) is 0. The number of amides is 1. The molecule has 2 aromatic heterocycles. The second-order valence-corrected chi connectivity index (χ2v) is 7.17. The number of nitrogens with two attached hydrogens (primary N) is 1. The van der Waals surface area contributed by atoms with Gasteiger partial charge in [0, 0.05) is 6.04 Å². The van der Waals surface area contributed by atoms with Gasteiger partial charge >= 0.3 is 12.1 Å². The molecule has 2 heterocycles. The van der Waals surface area contributed by atoms with Crippen molar-refractivity contribution in [1.82, 2.24) is 19.5 Å². The van der Waals surface area contributed by atoms with Crippen molar-refractivity contribution in [1.29, 1.82) is 5.26 Å². The van der Waals surface area contributed by atoms with Gasteiger partial charge in [-0.2, -0.15) is 15.3 Å². The van der Waals surface area contributed by atoms with E-state index in [-0.39, 0.29) is 33.4 Å². The quantitative estimate of drug-likeness (QED) is 0.234. The highest BCUT2D eigenvalue weighted by atomic mass is 35.5. The van der Waals surface area contributed by atoms with Crippen molar-refractivity contribution < 1.29 is 19.1 Å². The number of aromatic nitrogens is 4. The number of halogens is 2. The number of rotatable bonds is 6. The van der Waals surface area contributed by atoms with Crippen LogP contribution in [0.3, 0.4) is 0 Å². The molecule has 1 amide bonds. The van der Waals surface area contributed by atoms with Gasteiger partial charge in [-0.15, -0.1) is 0 Å². The van der Waals surface area contributed by atoms with Crippen LogP contribution >= 0.6 is 23.2 Å². The van der Waals surface area contributed by atoms with Gasteiger partial charge in [-0.3, -0.25) is 5.43 Å². The maximum atomic E-state index is 11.5. The fraction of sp³-hybridized carbons (Fsp3) is 0.167. The molecule has 0 fully saturated rings. The number of anilines is 1. The standard InChI is InChI=1S/C18H14Cl2N8O4/c1-8(2)28-7-25-13-15(28)23-6-24-16(13)31-14-10(19)3-9(4-11(14)20)26-27-12(5-21)17(29)32-18(22)30/h3-4,6-8,26H,1-2H3,(H2,22,30).